The summed E-state index contributed by atoms with van der Waals surface area (Å²) in [4.78, 5) is 24.9. The summed E-state index contributed by atoms with van der Waals surface area (Å²) < 4.78 is 36.6. The number of aliphatic hydroxyl groups is 2. The largest absolute Gasteiger partial charge is 0.457 e. The third-order valence-electron chi connectivity index (χ3n) is 9.97. The van der Waals surface area contributed by atoms with Crippen molar-refractivity contribution in [3.05, 3.63) is 23.8 Å². The molecule has 4 aliphatic rings. The number of nitrogens with one attached hydrogen (secondary N) is 1. The van der Waals surface area contributed by atoms with Crippen LogP contribution in [0.5, 0.6) is 0 Å². The van der Waals surface area contributed by atoms with Crippen molar-refractivity contribution in [1.29, 1.82) is 0 Å². The summed E-state index contributed by atoms with van der Waals surface area (Å²) in [6, 6.07) is -0.761. The second kappa shape index (κ2) is 15.0. The first-order valence-electron chi connectivity index (χ1n) is 16.0. The molecule has 0 aromatic carbocycles. The second-order valence-electron chi connectivity index (χ2n) is 13.5. The molecule has 1 amide bonds. The van der Waals surface area contributed by atoms with E-state index >= 15 is 0 Å². The minimum Gasteiger partial charge on any atom is -0.457 e. The van der Waals surface area contributed by atoms with Crippen LogP contribution in [0.4, 0.5) is 0 Å². The molecule has 12 heteroatoms. The number of halogens is 1. The highest BCUT2D eigenvalue weighted by atomic mass is 35.5. The molecule has 0 aromatic heterocycles. The van der Waals surface area contributed by atoms with Gasteiger partial charge >= 0.3 is 5.97 Å². The van der Waals surface area contributed by atoms with Crippen molar-refractivity contribution in [2.45, 2.75) is 127 Å². The van der Waals surface area contributed by atoms with Crippen molar-refractivity contribution in [3.8, 4) is 11.8 Å². The first-order valence-corrected chi connectivity index (χ1v) is 16.5. The Kier molecular flexibility index (Phi) is 12.0. The summed E-state index contributed by atoms with van der Waals surface area (Å²) in [7, 11) is 3.04. The van der Waals surface area contributed by atoms with E-state index in [2.05, 4.69) is 17.2 Å². The minimum absolute atomic E-state index is 0.0873. The Morgan fingerprint density at radius 3 is 2.46 bits per heavy atom. The lowest BCUT2D eigenvalue weighted by Gasteiger charge is -2.53. The van der Waals surface area contributed by atoms with Crippen LogP contribution in [-0.4, -0.2) is 103 Å². The molecule has 46 heavy (non-hydrogen) atoms. The zero-order valence-corrected chi connectivity index (χ0v) is 28.7. The predicted octanol–water partition coefficient (Wildman–Crippen LogP) is 2.85. The number of esters is 1. The molecule has 2 bridgehead atoms. The highest BCUT2D eigenvalue weighted by molar-refractivity contribution is 6.22. The summed E-state index contributed by atoms with van der Waals surface area (Å²) in [5.74, 6) is 2.00. The Morgan fingerprint density at radius 1 is 1.15 bits per heavy atom. The lowest BCUT2D eigenvalue weighted by atomic mass is 9.77. The summed E-state index contributed by atoms with van der Waals surface area (Å²) in [6.07, 6.45) is 2.09. The van der Waals surface area contributed by atoms with Crippen LogP contribution in [0.2, 0.25) is 0 Å². The van der Waals surface area contributed by atoms with Gasteiger partial charge in [-0.3, -0.25) is 9.59 Å². The van der Waals surface area contributed by atoms with Crippen molar-refractivity contribution in [2.24, 2.45) is 23.7 Å². The number of amides is 1. The molecule has 0 radical (unpaired) electrons. The van der Waals surface area contributed by atoms with Gasteiger partial charge in [-0.25, -0.2) is 0 Å². The molecule has 1 aliphatic carbocycles. The maximum absolute atomic E-state index is 13.6. The van der Waals surface area contributed by atoms with E-state index in [1.807, 2.05) is 26.8 Å². The number of carbonyl (C=O) groups is 2. The van der Waals surface area contributed by atoms with Crippen LogP contribution in [0.25, 0.3) is 0 Å². The number of hydrogen-bond donors (Lipinski definition) is 3. The molecule has 1 saturated carbocycles. The molecular weight excluding hydrogens is 618 g/mol. The highest BCUT2D eigenvalue weighted by Crippen LogP contribution is 2.44. The smallest absolute Gasteiger partial charge is 0.314 e. The molecule has 3 N–H and O–H groups in total. The van der Waals surface area contributed by atoms with E-state index in [1.54, 1.807) is 40.0 Å². The van der Waals surface area contributed by atoms with Crippen LogP contribution in [0.3, 0.4) is 0 Å². The first-order chi connectivity index (χ1) is 21.7. The average molecular weight is 668 g/mol. The zero-order chi connectivity index (χ0) is 34.0. The first kappa shape index (κ1) is 36.8. The van der Waals surface area contributed by atoms with Gasteiger partial charge in [0.05, 0.1) is 30.5 Å². The quantitative estimate of drug-likeness (QED) is 0.122. The summed E-state index contributed by atoms with van der Waals surface area (Å²) >= 11 is 6.06. The molecule has 0 unspecified atom stereocenters. The fourth-order valence-corrected chi connectivity index (χ4v) is 7.16. The third kappa shape index (κ3) is 7.99. The SMILES string of the molecule is CO[C@@H]1/C=C(\C)C[C@H](/C=C/C#C[C@H]2C[C@@H]2Cl)OC(=O)[C@@H](C)[C@]2(O)C[C@H](O[C@@H]3O[C@@H](C)[C@@H](NC=O)[C@@](C)(O)[C@H]3OC)[C@@H](C)[C@@H](O2)[C@@H]1C. The van der Waals surface area contributed by atoms with Crippen LogP contribution in [0.15, 0.2) is 23.8 Å². The van der Waals surface area contributed by atoms with Crippen LogP contribution in [-0.2, 0) is 38.0 Å². The predicted molar refractivity (Wildman–Crippen MR) is 169 cm³/mol. The van der Waals surface area contributed by atoms with Crippen LogP contribution >= 0.6 is 11.6 Å². The van der Waals surface area contributed by atoms with Gasteiger partial charge in [0.15, 0.2) is 12.1 Å². The van der Waals surface area contributed by atoms with E-state index in [1.165, 1.54) is 7.11 Å². The number of rotatable bonds is 7. The second-order valence-corrected chi connectivity index (χ2v) is 14.1. The number of allylic oxidation sites excluding steroid dienone is 1. The number of alkyl halides is 1. The van der Waals surface area contributed by atoms with Crippen molar-refractivity contribution in [3.63, 3.8) is 0 Å². The Bertz CT molecular complexity index is 1210. The molecule has 0 aromatic rings. The van der Waals surface area contributed by atoms with E-state index in [4.69, 9.17) is 40.0 Å². The number of methoxy groups -OCH3 is 2. The van der Waals surface area contributed by atoms with Gasteiger partial charge < -0.3 is 44.0 Å². The van der Waals surface area contributed by atoms with E-state index in [-0.39, 0.29) is 29.6 Å². The Labute approximate surface area is 277 Å². The van der Waals surface area contributed by atoms with Gasteiger partial charge in [0.2, 0.25) is 6.41 Å². The summed E-state index contributed by atoms with van der Waals surface area (Å²) in [6.45, 7) is 10.7. The van der Waals surface area contributed by atoms with Crippen LogP contribution < -0.4 is 5.32 Å². The Hall–Kier alpha value is -2.01. The number of hydrogen-bond acceptors (Lipinski definition) is 10. The van der Waals surface area contributed by atoms with Gasteiger partial charge in [-0.2, -0.15) is 0 Å². The van der Waals surface area contributed by atoms with Crippen molar-refractivity contribution < 1.29 is 48.2 Å². The van der Waals surface area contributed by atoms with Crippen LogP contribution in [0.1, 0.15) is 60.8 Å². The van der Waals surface area contributed by atoms with Crippen molar-refractivity contribution in [2.75, 3.05) is 14.2 Å². The summed E-state index contributed by atoms with van der Waals surface area (Å²) in [5, 5.41) is 26.2. The normalized spacial score (nSPS) is 47.7. The Morgan fingerprint density at radius 2 is 1.85 bits per heavy atom. The molecule has 3 fully saturated rings. The van der Waals surface area contributed by atoms with Gasteiger partial charge in [-0.15, -0.1) is 11.6 Å². The van der Waals surface area contributed by atoms with Crippen molar-refractivity contribution >= 4 is 24.0 Å². The van der Waals surface area contributed by atoms with Crippen LogP contribution in [0, 0.1) is 35.5 Å². The molecular formula is C34H50ClNO10. The average Bonchev–Trinajstić information content (AvgIpc) is 3.70. The van der Waals surface area contributed by atoms with E-state index in [0.29, 0.717) is 12.8 Å². The molecule has 15 atom stereocenters. The number of fused-ring (bicyclic) bond motifs is 2. The molecule has 11 nitrogen and oxygen atoms in total. The number of carbonyl (C=O) groups excluding carboxylic acids is 2. The van der Waals surface area contributed by atoms with E-state index < -0.39 is 72.2 Å². The van der Waals surface area contributed by atoms with Gasteiger partial charge in [-0.05, 0) is 46.3 Å². The third-order valence-corrected chi connectivity index (χ3v) is 10.5. The lowest BCUT2D eigenvalue weighted by molar-refractivity contribution is -0.359. The number of ether oxygens (including phenoxy) is 6. The fourth-order valence-electron chi connectivity index (χ4n) is 6.90. The number of cyclic esters (lactones) is 1. The minimum atomic E-state index is -1.97. The topological polar surface area (TPSA) is 142 Å². The molecule has 258 valence electrons. The molecule has 3 aliphatic heterocycles. The van der Waals surface area contributed by atoms with Gasteiger partial charge in [0, 0.05) is 50.2 Å². The maximum Gasteiger partial charge on any atom is 0.314 e. The lowest BCUT2D eigenvalue weighted by Crippen LogP contribution is -2.70. The Balaban J connectivity index is 1.65. The molecule has 0 spiro atoms. The molecule has 2 saturated heterocycles. The standard InChI is InChI=1S/C34H50ClNO10/c1-18-13-24(12-10-9-11-23-15-25(23)35)44-31(38)21(4)34(40)16-27(20(3)28(46-34)19(2)26(14-18)41-7)45-32-30(42-8)33(6,39)29(36-17-37)22(5)43-32/h10,12,14,17,19-30,32,39-40H,13,15-16H2,1-8H3,(H,36,37)/b12-10+,18-14+/t19-,20-,21-,22+,23+,24+,25+,26-,27+,28+,29-,30+,32+,33-,34+/m1/s1. The monoisotopic (exact) mass is 667 g/mol. The van der Waals surface area contributed by atoms with Gasteiger partial charge in [-0.1, -0.05) is 37.3 Å². The fraction of sp³-hybridized carbons (Fsp3) is 0.765. The van der Waals surface area contributed by atoms with Gasteiger partial charge in [0.1, 0.15) is 23.7 Å². The summed E-state index contributed by atoms with van der Waals surface area (Å²) in [5.41, 5.74) is -0.602. The van der Waals surface area contributed by atoms with E-state index in [0.717, 1.165) is 12.0 Å². The van der Waals surface area contributed by atoms with Gasteiger partial charge in [0.25, 0.3) is 0 Å². The van der Waals surface area contributed by atoms with Crippen molar-refractivity contribution in [1.82, 2.24) is 5.32 Å². The molecule has 4 rings (SSSR count). The van der Waals surface area contributed by atoms with E-state index in [9.17, 15) is 19.8 Å². The molecule has 3 heterocycles. The zero-order valence-electron chi connectivity index (χ0n) is 28.0. The highest BCUT2D eigenvalue weighted by Gasteiger charge is 2.57. The maximum atomic E-state index is 13.6.